The fourth-order valence-corrected chi connectivity index (χ4v) is 2.62. The average molecular weight is 291 g/mol. The number of amides is 2. The molecule has 114 valence electrons. The van der Waals surface area contributed by atoms with Gasteiger partial charge < -0.3 is 21.5 Å². The Kier molecular flexibility index (Phi) is 5.16. The number of hydrogen-bond acceptors (Lipinski definition) is 3. The molecule has 2 unspecified atom stereocenters. The number of carboxylic acid groups (broad SMARTS) is 1. The van der Waals surface area contributed by atoms with Gasteiger partial charge in [-0.3, -0.25) is 4.79 Å². The molecule has 1 aromatic rings. The first kappa shape index (κ1) is 15.3. The number of para-hydroxylation sites is 1. The Morgan fingerprint density at radius 3 is 2.67 bits per heavy atom. The summed E-state index contributed by atoms with van der Waals surface area (Å²) < 4.78 is 0. The molecule has 1 aromatic carbocycles. The van der Waals surface area contributed by atoms with Crippen molar-refractivity contribution in [2.45, 2.75) is 44.2 Å². The minimum Gasteiger partial charge on any atom is -0.481 e. The predicted molar refractivity (Wildman–Crippen MR) is 80.2 cm³/mol. The Labute approximate surface area is 123 Å². The third kappa shape index (κ3) is 4.46. The van der Waals surface area contributed by atoms with Crippen molar-refractivity contribution in [2.24, 2.45) is 5.73 Å². The molecule has 1 aliphatic rings. The summed E-state index contributed by atoms with van der Waals surface area (Å²) in [5.41, 5.74) is 7.09. The van der Waals surface area contributed by atoms with Gasteiger partial charge in [0.25, 0.3) is 0 Å². The van der Waals surface area contributed by atoms with Gasteiger partial charge in [-0.05, 0) is 24.5 Å². The van der Waals surface area contributed by atoms with Crippen molar-refractivity contribution in [3.8, 4) is 0 Å². The highest BCUT2D eigenvalue weighted by atomic mass is 16.4. The number of nitrogens with one attached hydrogen (secondary N) is 2. The minimum absolute atomic E-state index is 0.0150. The topological polar surface area (TPSA) is 104 Å². The summed E-state index contributed by atoms with van der Waals surface area (Å²) in [6, 6.07) is 6.51. The average Bonchev–Trinajstić information content (AvgIpc) is 2.43. The second-order valence-corrected chi connectivity index (χ2v) is 5.38. The summed E-state index contributed by atoms with van der Waals surface area (Å²) >= 11 is 0. The van der Waals surface area contributed by atoms with Gasteiger partial charge in [0.05, 0.1) is 6.42 Å². The standard InChI is InChI=1S/C15H21N3O3/c16-11-6-2-4-8-13(11)18-15(21)17-12-7-3-1-5-10(12)9-14(19)20/h1,3,5,7,11,13H,2,4,6,8-9,16H2,(H,19,20)(H2,17,18,21). The first-order valence-corrected chi connectivity index (χ1v) is 7.19. The van der Waals surface area contributed by atoms with Gasteiger partial charge in [0.1, 0.15) is 0 Å². The monoisotopic (exact) mass is 291 g/mol. The van der Waals surface area contributed by atoms with E-state index < -0.39 is 5.97 Å². The molecule has 0 heterocycles. The Bertz CT molecular complexity index is 519. The summed E-state index contributed by atoms with van der Waals surface area (Å²) in [6.07, 6.45) is 3.84. The van der Waals surface area contributed by atoms with Crippen LogP contribution < -0.4 is 16.4 Å². The Morgan fingerprint density at radius 1 is 1.24 bits per heavy atom. The molecule has 0 aromatic heterocycles. The van der Waals surface area contributed by atoms with Crippen molar-refractivity contribution in [1.29, 1.82) is 0 Å². The van der Waals surface area contributed by atoms with Crippen molar-refractivity contribution >= 4 is 17.7 Å². The maximum Gasteiger partial charge on any atom is 0.319 e. The van der Waals surface area contributed by atoms with E-state index >= 15 is 0 Å². The first-order chi connectivity index (χ1) is 10.1. The van der Waals surface area contributed by atoms with Crippen LogP contribution >= 0.6 is 0 Å². The second kappa shape index (κ2) is 7.08. The highest BCUT2D eigenvalue weighted by Crippen LogP contribution is 2.18. The zero-order valence-electron chi connectivity index (χ0n) is 11.8. The first-order valence-electron chi connectivity index (χ1n) is 7.19. The third-order valence-electron chi connectivity index (χ3n) is 3.74. The molecule has 1 aliphatic carbocycles. The zero-order valence-corrected chi connectivity index (χ0v) is 11.8. The molecule has 2 amide bonds. The van der Waals surface area contributed by atoms with Crippen LogP contribution in [0.15, 0.2) is 24.3 Å². The number of anilines is 1. The lowest BCUT2D eigenvalue weighted by atomic mass is 9.91. The molecule has 2 atom stereocenters. The highest BCUT2D eigenvalue weighted by Gasteiger charge is 2.23. The largest absolute Gasteiger partial charge is 0.481 e. The molecular weight excluding hydrogens is 270 g/mol. The SMILES string of the molecule is NC1CCCCC1NC(=O)Nc1ccccc1CC(=O)O. The smallest absolute Gasteiger partial charge is 0.319 e. The Hall–Kier alpha value is -2.08. The van der Waals surface area contributed by atoms with E-state index in [2.05, 4.69) is 10.6 Å². The van der Waals surface area contributed by atoms with Crippen molar-refractivity contribution < 1.29 is 14.7 Å². The number of carbonyl (C=O) groups excluding carboxylic acids is 1. The van der Waals surface area contributed by atoms with Crippen LogP contribution in [0, 0.1) is 0 Å². The van der Waals surface area contributed by atoms with Crippen LogP contribution in [0.1, 0.15) is 31.2 Å². The quantitative estimate of drug-likeness (QED) is 0.677. The summed E-state index contributed by atoms with van der Waals surface area (Å²) in [5, 5.41) is 14.5. The molecule has 0 aliphatic heterocycles. The van der Waals surface area contributed by atoms with Gasteiger partial charge in [0.2, 0.25) is 0 Å². The summed E-state index contributed by atoms with van der Waals surface area (Å²) in [5.74, 6) is -0.932. The molecule has 2 rings (SSSR count). The fraction of sp³-hybridized carbons (Fsp3) is 0.467. The lowest BCUT2D eigenvalue weighted by Crippen LogP contribution is -2.50. The summed E-state index contributed by atoms with van der Waals surface area (Å²) in [6.45, 7) is 0. The van der Waals surface area contributed by atoms with Crippen LogP contribution in [0.25, 0.3) is 0 Å². The van der Waals surface area contributed by atoms with Crippen molar-refractivity contribution in [2.75, 3.05) is 5.32 Å². The number of hydrogen-bond donors (Lipinski definition) is 4. The molecule has 1 fully saturated rings. The van der Waals surface area contributed by atoms with E-state index in [1.54, 1.807) is 24.3 Å². The minimum atomic E-state index is -0.932. The number of carbonyl (C=O) groups is 2. The molecule has 0 bridgehead atoms. The van der Waals surface area contributed by atoms with Crippen LogP contribution in [0.4, 0.5) is 10.5 Å². The molecule has 5 N–H and O–H groups in total. The predicted octanol–water partition coefficient (Wildman–Crippen LogP) is 1.71. The highest BCUT2D eigenvalue weighted by molar-refractivity contribution is 5.91. The van der Waals surface area contributed by atoms with Crippen LogP contribution in [0.5, 0.6) is 0 Å². The molecule has 0 saturated heterocycles. The summed E-state index contributed by atoms with van der Waals surface area (Å²) in [4.78, 5) is 22.9. The van der Waals surface area contributed by atoms with Gasteiger partial charge >= 0.3 is 12.0 Å². The van der Waals surface area contributed by atoms with Crippen molar-refractivity contribution in [3.63, 3.8) is 0 Å². The van der Waals surface area contributed by atoms with Gasteiger partial charge in [-0.25, -0.2) is 4.79 Å². The van der Waals surface area contributed by atoms with Gasteiger partial charge in [-0.15, -0.1) is 0 Å². The van der Waals surface area contributed by atoms with Gasteiger partial charge in [-0.1, -0.05) is 31.0 Å². The van der Waals surface area contributed by atoms with Gasteiger partial charge in [0.15, 0.2) is 0 Å². The number of nitrogens with two attached hydrogens (primary N) is 1. The molecule has 6 nitrogen and oxygen atoms in total. The fourth-order valence-electron chi connectivity index (χ4n) is 2.62. The van der Waals surface area contributed by atoms with E-state index in [0.29, 0.717) is 11.3 Å². The number of aliphatic carboxylic acids is 1. The number of urea groups is 1. The van der Waals surface area contributed by atoms with Crippen molar-refractivity contribution in [3.05, 3.63) is 29.8 Å². The number of carboxylic acids is 1. The molecule has 21 heavy (non-hydrogen) atoms. The van der Waals surface area contributed by atoms with Gasteiger partial charge in [0, 0.05) is 17.8 Å². The van der Waals surface area contributed by atoms with E-state index in [4.69, 9.17) is 10.8 Å². The molecule has 0 spiro atoms. The number of benzene rings is 1. The lowest BCUT2D eigenvalue weighted by Gasteiger charge is -2.29. The maximum absolute atomic E-state index is 12.0. The van der Waals surface area contributed by atoms with Crippen molar-refractivity contribution in [1.82, 2.24) is 5.32 Å². The molecule has 0 radical (unpaired) electrons. The van der Waals surface area contributed by atoms with Crippen LogP contribution in [0.3, 0.4) is 0 Å². The Morgan fingerprint density at radius 2 is 1.95 bits per heavy atom. The van der Waals surface area contributed by atoms with Crippen LogP contribution in [-0.2, 0) is 11.2 Å². The van der Waals surface area contributed by atoms with Crippen LogP contribution in [0.2, 0.25) is 0 Å². The Balaban J connectivity index is 1.97. The summed E-state index contributed by atoms with van der Waals surface area (Å²) in [7, 11) is 0. The third-order valence-corrected chi connectivity index (χ3v) is 3.74. The number of rotatable bonds is 4. The normalized spacial score (nSPS) is 21.6. The molecule has 6 heteroatoms. The van der Waals surface area contributed by atoms with Gasteiger partial charge in [-0.2, -0.15) is 0 Å². The second-order valence-electron chi connectivity index (χ2n) is 5.38. The zero-order chi connectivity index (χ0) is 15.2. The lowest BCUT2D eigenvalue weighted by molar-refractivity contribution is -0.136. The van der Waals surface area contributed by atoms with Crippen LogP contribution in [-0.4, -0.2) is 29.2 Å². The van der Waals surface area contributed by atoms with E-state index in [1.807, 2.05) is 0 Å². The van der Waals surface area contributed by atoms with E-state index in [-0.39, 0.29) is 24.5 Å². The van der Waals surface area contributed by atoms with E-state index in [0.717, 1.165) is 25.7 Å². The maximum atomic E-state index is 12.0. The molecule has 1 saturated carbocycles. The van der Waals surface area contributed by atoms with E-state index in [9.17, 15) is 9.59 Å². The van der Waals surface area contributed by atoms with E-state index in [1.165, 1.54) is 0 Å². The molecular formula is C15H21N3O3.